The molecule has 98 valence electrons. The second kappa shape index (κ2) is 7.16. The first-order valence-electron chi connectivity index (χ1n) is 6.80. The van der Waals surface area contributed by atoms with Crippen molar-refractivity contribution in [1.82, 2.24) is 0 Å². The van der Waals surface area contributed by atoms with Crippen LogP contribution in [0.25, 0.3) is 11.1 Å². The first-order valence-corrected chi connectivity index (χ1v) is 6.80. The van der Waals surface area contributed by atoms with E-state index in [-0.39, 0.29) is 0 Å². The number of hydrogen-bond donors (Lipinski definition) is 0. The maximum atomic E-state index is 3.28. The molecule has 0 aliphatic heterocycles. The van der Waals surface area contributed by atoms with Gasteiger partial charge < -0.3 is 0 Å². The number of rotatable bonds is 2. The molecule has 2 rings (SSSR count). The van der Waals surface area contributed by atoms with E-state index in [4.69, 9.17) is 0 Å². The Morgan fingerprint density at radius 2 is 1.00 bits per heavy atom. The lowest BCUT2D eigenvalue weighted by Crippen LogP contribution is -1.82. The molecule has 0 N–H and O–H groups in total. The molecule has 0 spiro atoms. The molecule has 0 fully saturated rings. The summed E-state index contributed by atoms with van der Waals surface area (Å²) in [5.41, 5.74) is 4.43. The van der Waals surface area contributed by atoms with Crippen molar-refractivity contribution in [3.05, 3.63) is 83.9 Å². The maximum absolute atomic E-state index is 3.28. The van der Waals surface area contributed by atoms with Crippen LogP contribution < -0.4 is 0 Å². The number of hydrogen-bond acceptors (Lipinski definition) is 0. The van der Waals surface area contributed by atoms with Crippen molar-refractivity contribution in [1.29, 1.82) is 0 Å². The van der Waals surface area contributed by atoms with Crippen molar-refractivity contribution < 1.29 is 0 Å². The van der Waals surface area contributed by atoms with Crippen molar-refractivity contribution in [3.8, 4) is 11.8 Å². The van der Waals surface area contributed by atoms with Gasteiger partial charge in [-0.1, -0.05) is 84.7 Å². The first kappa shape index (κ1) is 13.9. The molecular weight excluding hydrogens is 240 g/mol. The van der Waals surface area contributed by atoms with Gasteiger partial charge in [0.1, 0.15) is 0 Å². The van der Waals surface area contributed by atoms with E-state index in [2.05, 4.69) is 48.3 Å². The monoisotopic (exact) mass is 258 g/mol. The van der Waals surface area contributed by atoms with Crippen molar-refractivity contribution in [2.45, 2.75) is 13.8 Å². The van der Waals surface area contributed by atoms with E-state index in [9.17, 15) is 0 Å². The molecule has 0 amide bonds. The fourth-order valence-corrected chi connectivity index (χ4v) is 1.99. The predicted octanol–water partition coefficient (Wildman–Crippen LogP) is 5.20. The molecular formula is C20H18. The van der Waals surface area contributed by atoms with E-state index in [0.29, 0.717) is 0 Å². The van der Waals surface area contributed by atoms with Crippen molar-refractivity contribution in [3.63, 3.8) is 0 Å². The standard InChI is InChI=1S/C20H18/c1-3-17(19-11-7-5-8-12-19)15-16-18(4-2)20-13-9-6-10-14-20/h3-14H,1-2H3. The van der Waals surface area contributed by atoms with Crippen LogP contribution in [0.5, 0.6) is 0 Å². The molecule has 2 aromatic rings. The van der Waals surface area contributed by atoms with Gasteiger partial charge in [-0.3, -0.25) is 0 Å². The van der Waals surface area contributed by atoms with Gasteiger partial charge in [0.15, 0.2) is 0 Å². The summed E-state index contributed by atoms with van der Waals surface area (Å²) in [5.74, 6) is 6.56. The molecule has 0 heterocycles. The molecule has 2 aromatic carbocycles. The Hall–Kier alpha value is -2.52. The lowest BCUT2D eigenvalue weighted by atomic mass is 10.0. The van der Waals surface area contributed by atoms with Crippen LogP contribution in [-0.4, -0.2) is 0 Å². The summed E-state index contributed by atoms with van der Waals surface area (Å²) >= 11 is 0. The van der Waals surface area contributed by atoms with Gasteiger partial charge >= 0.3 is 0 Å². The second-order valence-corrected chi connectivity index (χ2v) is 4.39. The SMILES string of the molecule is CC=C(C#CC(=CC)c1ccccc1)c1ccccc1. The van der Waals surface area contributed by atoms with Gasteiger partial charge in [-0.2, -0.15) is 0 Å². The highest BCUT2D eigenvalue weighted by Crippen LogP contribution is 2.16. The van der Waals surface area contributed by atoms with E-state index < -0.39 is 0 Å². The fraction of sp³-hybridized carbons (Fsp3) is 0.100. The Balaban J connectivity index is 2.29. The van der Waals surface area contributed by atoms with E-state index in [1.807, 2.05) is 50.2 Å². The third-order valence-corrected chi connectivity index (χ3v) is 3.08. The number of allylic oxidation sites excluding steroid dienone is 4. The van der Waals surface area contributed by atoms with Crippen LogP contribution >= 0.6 is 0 Å². The maximum Gasteiger partial charge on any atom is 0.0278 e. The van der Waals surface area contributed by atoms with Gasteiger partial charge in [0.25, 0.3) is 0 Å². The van der Waals surface area contributed by atoms with Gasteiger partial charge in [-0.25, -0.2) is 0 Å². The molecule has 0 nitrogen and oxygen atoms in total. The molecule has 0 saturated carbocycles. The summed E-state index contributed by atoms with van der Waals surface area (Å²) in [6.45, 7) is 4.05. The molecule has 0 saturated heterocycles. The summed E-state index contributed by atoms with van der Waals surface area (Å²) in [6.07, 6.45) is 4.11. The molecule has 20 heavy (non-hydrogen) atoms. The van der Waals surface area contributed by atoms with Crippen LogP contribution in [0.3, 0.4) is 0 Å². The van der Waals surface area contributed by atoms with Crippen LogP contribution in [0.15, 0.2) is 72.8 Å². The Morgan fingerprint density at radius 3 is 1.30 bits per heavy atom. The second-order valence-electron chi connectivity index (χ2n) is 4.39. The quantitative estimate of drug-likeness (QED) is 0.650. The normalized spacial score (nSPS) is 11.7. The Bertz CT molecular complexity index is 603. The van der Waals surface area contributed by atoms with Gasteiger partial charge in [0, 0.05) is 11.1 Å². The average Bonchev–Trinajstić information content (AvgIpc) is 2.53. The Labute approximate surface area is 121 Å². The smallest absolute Gasteiger partial charge is 0.0278 e. The molecule has 0 bridgehead atoms. The third kappa shape index (κ3) is 3.49. The van der Waals surface area contributed by atoms with Crippen LogP contribution in [0, 0.1) is 11.8 Å². The highest BCUT2D eigenvalue weighted by molar-refractivity contribution is 5.86. The van der Waals surface area contributed by atoms with Crippen LogP contribution in [0.2, 0.25) is 0 Å². The lowest BCUT2D eigenvalue weighted by molar-refractivity contribution is 1.60. The zero-order valence-corrected chi connectivity index (χ0v) is 11.9. The minimum Gasteiger partial charge on any atom is -0.0713 e. The van der Waals surface area contributed by atoms with Gasteiger partial charge in [0.05, 0.1) is 0 Å². The third-order valence-electron chi connectivity index (χ3n) is 3.08. The van der Waals surface area contributed by atoms with E-state index in [1.54, 1.807) is 0 Å². The van der Waals surface area contributed by atoms with Crippen molar-refractivity contribution in [2.24, 2.45) is 0 Å². The largest absolute Gasteiger partial charge is 0.0713 e. The topological polar surface area (TPSA) is 0 Å². The van der Waals surface area contributed by atoms with Crippen LogP contribution in [0.1, 0.15) is 25.0 Å². The highest BCUT2D eigenvalue weighted by atomic mass is 14.0. The zero-order chi connectivity index (χ0) is 14.2. The molecule has 0 atom stereocenters. The van der Waals surface area contributed by atoms with E-state index >= 15 is 0 Å². The van der Waals surface area contributed by atoms with E-state index in [0.717, 1.165) is 22.3 Å². The summed E-state index contributed by atoms with van der Waals surface area (Å²) in [5, 5.41) is 0. The summed E-state index contributed by atoms with van der Waals surface area (Å²) in [4.78, 5) is 0. The minimum absolute atomic E-state index is 1.06. The molecule has 0 aliphatic rings. The highest BCUT2D eigenvalue weighted by Gasteiger charge is 1.97. The van der Waals surface area contributed by atoms with Crippen molar-refractivity contribution >= 4 is 11.1 Å². The minimum atomic E-state index is 1.06. The van der Waals surface area contributed by atoms with E-state index in [1.165, 1.54) is 0 Å². The molecule has 0 radical (unpaired) electrons. The zero-order valence-electron chi connectivity index (χ0n) is 11.9. The van der Waals surface area contributed by atoms with Gasteiger partial charge in [0.2, 0.25) is 0 Å². The molecule has 0 heteroatoms. The van der Waals surface area contributed by atoms with Crippen molar-refractivity contribution in [2.75, 3.05) is 0 Å². The van der Waals surface area contributed by atoms with Gasteiger partial charge in [-0.15, -0.1) is 0 Å². The summed E-state index contributed by atoms with van der Waals surface area (Å²) < 4.78 is 0. The fourth-order valence-electron chi connectivity index (χ4n) is 1.99. The summed E-state index contributed by atoms with van der Waals surface area (Å²) in [7, 11) is 0. The van der Waals surface area contributed by atoms with Crippen LogP contribution in [-0.2, 0) is 0 Å². The first-order chi connectivity index (χ1) is 9.85. The molecule has 0 unspecified atom stereocenters. The Kier molecular flexibility index (Phi) is 4.98. The Morgan fingerprint density at radius 1 is 0.650 bits per heavy atom. The average molecular weight is 258 g/mol. The van der Waals surface area contributed by atoms with Crippen LogP contribution in [0.4, 0.5) is 0 Å². The predicted molar refractivity (Wildman–Crippen MR) is 88.0 cm³/mol. The van der Waals surface area contributed by atoms with Gasteiger partial charge in [-0.05, 0) is 25.0 Å². The molecule has 0 aliphatic carbocycles. The lowest BCUT2D eigenvalue weighted by Gasteiger charge is -2.00. The molecule has 0 aromatic heterocycles. The number of benzene rings is 2. The summed E-state index contributed by atoms with van der Waals surface area (Å²) in [6, 6.07) is 20.5.